The average Bonchev–Trinajstić information content (AvgIpc) is 2.87. The maximum atomic E-state index is 11.3. The number of hydrogen-bond acceptors (Lipinski definition) is 5. The van der Waals surface area contributed by atoms with Crippen molar-refractivity contribution in [1.82, 2.24) is 14.6 Å². The lowest BCUT2D eigenvalue weighted by Crippen LogP contribution is -2.12. The third kappa shape index (κ3) is 2.42. The van der Waals surface area contributed by atoms with E-state index in [2.05, 4.69) is 41.9 Å². The van der Waals surface area contributed by atoms with Gasteiger partial charge in [-0.25, -0.2) is 23.1 Å². The Morgan fingerprint density at radius 1 is 1.20 bits per heavy atom. The predicted molar refractivity (Wildman–Crippen MR) is 83.1 cm³/mol. The van der Waals surface area contributed by atoms with Crippen molar-refractivity contribution in [1.29, 1.82) is 0 Å². The summed E-state index contributed by atoms with van der Waals surface area (Å²) in [5.41, 5.74) is 1.54. The number of benzene rings is 1. The van der Waals surface area contributed by atoms with Crippen LogP contribution in [0.3, 0.4) is 0 Å². The first-order valence-corrected chi connectivity index (χ1v) is 9.15. The Kier molecular flexibility index (Phi) is 3.45. The second kappa shape index (κ2) is 4.88. The van der Waals surface area contributed by atoms with E-state index in [1.807, 2.05) is 24.3 Å². The second-order valence-electron chi connectivity index (χ2n) is 3.87. The van der Waals surface area contributed by atoms with Crippen LogP contribution in [0.5, 0.6) is 0 Å². The lowest BCUT2D eigenvalue weighted by atomic mass is 10.2. The molecule has 0 spiro atoms. The number of aromatic nitrogens is 3. The molecule has 104 valence electrons. The Morgan fingerprint density at radius 2 is 1.85 bits per heavy atom. The van der Waals surface area contributed by atoms with Gasteiger partial charge in [-0.15, -0.1) is 5.10 Å². The van der Waals surface area contributed by atoms with E-state index in [0.29, 0.717) is 15.3 Å². The fourth-order valence-corrected chi connectivity index (χ4v) is 4.13. The Balaban J connectivity index is 2.27. The second-order valence-corrected chi connectivity index (χ2v) is 8.22. The highest BCUT2D eigenvalue weighted by molar-refractivity contribution is 9.10. The molecule has 0 aliphatic heterocycles. The molecule has 6 nitrogen and oxygen atoms in total. The van der Waals surface area contributed by atoms with Gasteiger partial charge in [0.2, 0.25) is 9.30 Å². The van der Waals surface area contributed by atoms with Gasteiger partial charge in [0.15, 0.2) is 0 Å². The van der Waals surface area contributed by atoms with Crippen LogP contribution in [0, 0.1) is 0 Å². The molecule has 10 heteroatoms. The van der Waals surface area contributed by atoms with Crippen LogP contribution in [-0.4, -0.2) is 23.0 Å². The fourth-order valence-electron chi connectivity index (χ4n) is 1.67. The summed E-state index contributed by atoms with van der Waals surface area (Å²) < 4.78 is 25.5. The number of rotatable bonds is 2. The van der Waals surface area contributed by atoms with Gasteiger partial charge in [-0.2, -0.15) is 0 Å². The zero-order valence-corrected chi connectivity index (χ0v) is 14.4. The SMILES string of the molecule is NS(=O)(=O)c1nn2c(-c3ccc(Br)cc3)c(Br)nc2s1. The van der Waals surface area contributed by atoms with Gasteiger partial charge >= 0.3 is 0 Å². The molecule has 0 aliphatic carbocycles. The van der Waals surface area contributed by atoms with Crippen LogP contribution in [0.25, 0.3) is 16.2 Å². The normalized spacial score (nSPS) is 12.2. The van der Waals surface area contributed by atoms with Gasteiger partial charge in [0.1, 0.15) is 10.3 Å². The van der Waals surface area contributed by atoms with E-state index in [-0.39, 0.29) is 4.34 Å². The lowest BCUT2D eigenvalue weighted by molar-refractivity contribution is 0.595. The maximum absolute atomic E-state index is 11.3. The van der Waals surface area contributed by atoms with E-state index in [9.17, 15) is 8.42 Å². The van der Waals surface area contributed by atoms with Crippen LogP contribution in [0.2, 0.25) is 0 Å². The number of fused-ring (bicyclic) bond motifs is 1. The molecule has 0 unspecified atom stereocenters. The van der Waals surface area contributed by atoms with E-state index < -0.39 is 10.0 Å². The number of halogens is 2. The quantitative estimate of drug-likeness (QED) is 0.667. The first kappa shape index (κ1) is 14.1. The van der Waals surface area contributed by atoms with Crippen LogP contribution in [0.15, 0.2) is 37.7 Å². The largest absolute Gasteiger partial charge is 0.267 e. The van der Waals surface area contributed by atoms with Crippen LogP contribution in [-0.2, 0) is 10.0 Å². The van der Waals surface area contributed by atoms with Gasteiger partial charge < -0.3 is 0 Å². The molecular formula is C10H6Br2N4O2S2. The molecular weight excluding hydrogens is 432 g/mol. The summed E-state index contributed by atoms with van der Waals surface area (Å²) in [5.74, 6) is 0. The molecule has 0 bridgehead atoms. The van der Waals surface area contributed by atoms with Gasteiger partial charge in [0.05, 0.1) is 0 Å². The van der Waals surface area contributed by atoms with E-state index in [1.54, 1.807) is 0 Å². The van der Waals surface area contributed by atoms with Crippen molar-refractivity contribution < 1.29 is 8.42 Å². The molecule has 0 atom stereocenters. The van der Waals surface area contributed by atoms with E-state index >= 15 is 0 Å². The molecule has 0 saturated carbocycles. The van der Waals surface area contributed by atoms with E-state index in [4.69, 9.17) is 5.14 Å². The van der Waals surface area contributed by atoms with Crippen LogP contribution >= 0.6 is 43.2 Å². The molecule has 0 saturated heterocycles. The van der Waals surface area contributed by atoms with Gasteiger partial charge in [0.25, 0.3) is 10.0 Å². The standard InChI is InChI=1S/C10H6Br2N4O2S2/c11-6-3-1-5(2-4-6)7-8(12)14-9-16(7)15-10(19-9)20(13,17)18/h1-4H,(H2,13,17,18). The Hall–Kier alpha value is -0.810. The molecule has 0 radical (unpaired) electrons. The van der Waals surface area contributed by atoms with Crippen molar-refractivity contribution in [3.05, 3.63) is 33.3 Å². The summed E-state index contributed by atoms with van der Waals surface area (Å²) in [5, 5.41) is 9.11. The van der Waals surface area contributed by atoms with Crippen LogP contribution in [0.4, 0.5) is 0 Å². The minimum atomic E-state index is -3.83. The fraction of sp³-hybridized carbons (Fsp3) is 0. The average molecular weight is 438 g/mol. The zero-order chi connectivity index (χ0) is 14.5. The summed E-state index contributed by atoms with van der Waals surface area (Å²) in [6.07, 6.45) is 0. The molecule has 0 amide bonds. The van der Waals surface area contributed by atoms with Crippen LogP contribution in [0.1, 0.15) is 0 Å². The highest BCUT2D eigenvalue weighted by Crippen LogP contribution is 2.32. The van der Waals surface area contributed by atoms with Gasteiger partial charge in [-0.1, -0.05) is 39.4 Å². The van der Waals surface area contributed by atoms with E-state index in [0.717, 1.165) is 21.4 Å². The first-order chi connectivity index (χ1) is 9.36. The van der Waals surface area contributed by atoms with Gasteiger partial charge in [-0.3, -0.25) is 0 Å². The van der Waals surface area contributed by atoms with Crippen molar-refractivity contribution in [2.75, 3.05) is 0 Å². The molecule has 0 aliphatic rings. The van der Waals surface area contributed by atoms with Gasteiger partial charge in [-0.05, 0) is 28.1 Å². The number of hydrogen-bond donors (Lipinski definition) is 1. The Bertz CT molecular complexity index is 899. The molecule has 0 fully saturated rings. The minimum absolute atomic E-state index is 0.161. The summed E-state index contributed by atoms with van der Waals surface area (Å²) in [6, 6.07) is 7.53. The van der Waals surface area contributed by atoms with Crippen molar-refractivity contribution in [2.24, 2.45) is 5.14 Å². The van der Waals surface area contributed by atoms with Crippen molar-refractivity contribution >= 4 is 58.2 Å². The van der Waals surface area contributed by atoms with Crippen molar-refractivity contribution in [3.8, 4) is 11.3 Å². The molecule has 2 aromatic heterocycles. The summed E-state index contributed by atoms with van der Waals surface area (Å²) in [4.78, 5) is 4.71. The molecule has 2 heterocycles. The van der Waals surface area contributed by atoms with Crippen molar-refractivity contribution in [3.63, 3.8) is 0 Å². The highest BCUT2D eigenvalue weighted by Gasteiger charge is 2.21. The molecule has 3 aromatic rings. The molecule has 1 aromatic carbocycles. The highest BCUT2D eigenvalue weighted by atomic mass is 79.9. The number of sulfonamides is 1. The summed E-state index contributed by atoms with van der Waals surface area (Å²) in [6.45, 7) is 0. The lowest BCUT2D eigenvalue weighted by Gasteiger charge is -2.00. The summed E-state index contributed by atoms with van der Waals surface area (Å²) >= 11 is 7.65. The minimum Gasteiger partial charge on any atom is -0.223 e. The monoisotopic (exact) mass is 436 g/mol. The Labute approximate surface area is 134 Å². The number of imidazole rings is 1. The predicted octanol–water partition coefficient (Wildman–Crippen LogP) is 2.63. The zero-order valence-electron chi connectivity index (χ0n) is 9.62. The molecule has 2 N–H and O–H groups in total. The number of primary sulfonamides is 1. The van der Waals surface area contributed by atoms with Gasteiger partial charge in [0, 0.05) is 10.0 Å². The first-order valence-electron chi connectivity index (χ1n) is 5.20. The maximum Gasteiger partial charge on any atom is 0.267 e. The van der Waals surface area contributed by atoms with Crippen LogP contribution < -0.4 is 5.14 Å². The summed E-state index contributed by atoms with van der Waals surface area (Å²) in [7, 11) is -3.83. The van der Waals surface area contributed by atoms with Crippen molar-refractivity contribution in [2.45, 2.75) is 4.34 Å². The Morgan fingerprint density at radius 3 is 2.45 bits per heavy atom. The molecule has 20 heavy (non-hydrogen) atoms. The number of nitrogens with zero attached hydrogens (tertiary/aromatic N) is 3. The topological polar surface area (TPSA) is 90.4 Å². The third-order valence-electron chi connectivity index (χ3n) is 2.50. The van der Waals surface area contributed by atoms with E-state index in [1.165, 1.54) is 4.52 Å². The smallest absolute Gasteiger partial charge is 0.223 e. The molecule has 3 rings (SSSR count). The third-order valence-corrected chi connectivity index (χ3v) is 5.80. The number of nitrogens with two attached hydrogens (primary N) is 1.